The van der Waals surface area contributed by atoms with Crippen LogP contribution in [0.4, 0.5) is 26.3 Å². The first-order chi connectivity index (χ1) is 14.9. The first-order valence-corrected chi connectivity index (χ1v) is 11.5. The highest BCUT2D eigenvalue weighted by atomic mass is 19.4. The predicted molar refractivity (Wildman–Crippen MR) is 106 cm³/mol. The second-order valence-corrected chi connectivity index (χ2v) is 11.3. The number of esters is 2. The lowest BCUT2D eigenvalue weighted by molar-refractivity contribution is -0.317. The average Bonchev–Trinajstić information content (AvgIpc) is 2.62. The van der Waals surface area contributed by atoms with Crippen molar-refractivity contribution in [1.82, 2.24) is 0 Å². The van der Waals surface area contributed by atoms with E-state index < -0.39 is 53.2 Å². The van der Waals surface area contributed by atoms with E-state index in [1.165, 1.54) is 27.7 Å². The van der Waals surface area contributed by atoms with E-state index in [1.807, 2.05) is 0 Å². The molecule has 4 rings (SSSR count). The topological polar surface area (TPSA) is 52.6 Å². The van der Waals surface area contributed by atoms with Crippen molar-refractivity contribution in [2.24, 2.45) is 34.0 Å². The average molecular weight is 486 g/mol. The quantitative estimate of drug-likeness (QED) is 0.330. The Morgan fingerprint density at radius 2 is 1.30 bits per heavy atom. The summed E-state index contributed by atoms with van der Waals surface area (Å²) >= 11 is 0. The molecule has 4 fully saturated rings. The van der Waals surface area contributed by atoms with Crippen LogP contribution in [-0.2, 0) is 19.1 Å². The molecule has 0 aromatic rings. The van der Waals surface area contributed by atoms with Gasteiger partial charge in [-0.3, -0.25) is 9.59 Å². The molecule has 0 amide bonds. The smallest absolute Gasteiger partial charge is 0.434 e. The molecule has 0 N–H and O–H groups in total. The molecule has 4 bridgehead atoms. The molecule has 4 nitrogen and oxygen atoms in total. The Labute approximate surface area is 189 Å². The predicted octanol–water partition coefficient (Wildman–Crippen LogP) is 6.22. The van der Waals surface area contributed by atoms with Crippen molar-refractivity contribution in [2.45, 2.75) is 91.1 Å². The molecule has 0 aromatic carbocycles. The van der Waals surface area contributed by atoms with Crippen LogP contribution >= 0.6 is 0 Å². The van der Waals surface area contributed by atoms with Crippen LogP contribution in [0.1, 0.15) is 72.6 Å². The van der Waals surface area contributed by atoms with Gasteiger partial charge >= 0.3 is 24.3 Å². The summed E-state index contributed by atoms with van der Waals surface area (Å²) in [5.74, 6) is -0.861. The van der Waals surface area contributed by atoms with Crippen LogP contribution in [0, 0.1) is 34.0 Å². The van der Waals surface area contributed by atoms with Crippen LogP contribution in [0.25, 0.3) is 0 Å². The summed E-state index contributed by atoms with van der Waals surface area (Å²) in [6.45, 7) is 5.35. The molecule has 1 atom stereocenters. The zero-order chi connectivity index (χ0) is 25.0. The number of carbonyl (C=O) groups is 2. The summed E-state index contributed by atoms with van der Waals surface area (Å²) in [5, 5.41) is 0. The SMILES string of the molecule is CCC(COC(=O)C12CC3CC(CC(C3)C1)C2)(C(=O)OC(C(F)(F)F)C(F)(F)F)C(C)(C)C. The standard InChI is InChI=1S/C23H32F6O4/c1-5-21(19(2,3)4,18(31)33-16(22(24,25)26)23(27,28)29)12-32-17(30)20-9-13-6-14(10-20)8-15(7-13)11-20/h13-16H,5-12H2,1-4H3. The van der Waals surface area contributed by atoms with Crippen LogP contribution in [-0.4, -0.2) is 37.0 Å². The summed E-state index contributed by atoms with van der Waals surface area (Å²) < 4.78 is 87.8. The molecule has 1 unspecified atom stereocenters. The van der Waals surface area contributed by atoms with Gasteiger partial charge in [-0.2, -0.15) is 26.3 Å². The maximum atomic E-state index is 13.2. The number of carbonyl (C=O) groups excluding carboxylic acids is 2. The molecule has 190 valence electrons. The van der Waals surface area contributed by atoms with Gasteiger partial charge in [-0.1, -0.05) is 27.7 Å². The van der Waals surface area contributed by atoms with E-state index in [0.717, 1.165) is 19.3 Å². The van der Waals surface area contributed by atoms with Crippen LogP contribution in [0.15, 0.2) is 0 Å². The Bertz CT molecular complexity index is 717. The lowest BCUT2D eigenvalue weighted by Gasteiger charge is -2.55. The third-order valence-corrected chi connectivity index (χ3v) is 8.17. The normalized spacial score (nSPS) is 31.4. The summed E-state index contributed by atoms with van der Waals surface area (Å²) in [6, 6.07) is 0. The zero-order valence-corrected chi connectivity index (χ0v) is 19.4. The van der Waals surface area contributed by atoms with Gasteiger partial charge in [0.2, 0.25) is 0 Å². The third-order valence-electron chi connectivity index (χ3n) is 8.17. The molecule has 4 aliphatic carbocycles. The number of rotatable bonds is 6. The maximum Gasteiger partial charge on any atom is 0.434 e. The minimum atomic E-state index is -5.82. The lowest BCUT2D eigenvalue weighted by Crippen LogP contribution is -2.54. The second kappa shape index (κ2) is 8.33. The van der Waals surface area contributed by atoms with E-state index in [9.17, 15) is 35.9 Å². The molecule has 0 spiro atoms. The van der Waals surface area contributed by atoms with Gasteiger partial charge in [0.1, 0.15) is 12.0 Å². The second-order valence-electron chi connectivity index (χ2n) is 11.3. The van der Waals surface area contributed by atoms with Crippen molar-refractivity contribution in [1.29, 1.82) is 0 Å². The number of hydrogen-bond donors (Lipinski definition) is 0. The molecule has 4 saturated carbocycles. The van der Waals surface area contributed by atoms with Crippen molar-refractivity contribution in [3.05, 3.63) is 0 Å². The molecule has 4 aliphatic rings. The minimum absolute atomic E-state index is 0.161. The van der Waals surface area contributed by atoms with Gasteiger partial charge in [0, 0.05) is 0 Å². The van der Waals surface area contributed by atoms with Gasteiger partial charge in [-0.05, 0) is 68.1 Å². The van der Waals surface area contributed by atoms with E-state index in [4.69, 9.17) is 4.74 Å². The third kappa shape index (κ3) is 4.85. The molecular weight excluding hydrogens is 454 g/mol. The van der Waals surface area contributed by atoms with Gasteiger partial charge in [0.25, 0.3) is 6.10 Å². The Morgan fingerprint density at radius 3 is 1.64 bits per heavy atom. The van der Waals surface area contributed by atoms with Crippen molar-refractivity contribution in [3.8, 4) is 0 Å². The van der Waals surface area contributed by atoms with Gasteiger partial charge in [0.05, 0.1) is 5.41 Å². The first-order valence-electron chi connectivity index (χ1n) is 11.5. The zero-order valence-electron chi connectivity index (χ0n) is 19.4. The Kier molecular flexibility index (Phi) is 6.59. The molecule has 0 heterocycles. The highest BCUT2D eigenvalue weighted by molar-refractivity contribution is 5.81. The van der Waals surface area contributed by atoms with Crippen LogP contribution in [0.3, 0.4) is 0 Å². The van der Waals surface area contributed by atoms with Crippen molar-refractivity contribution >= 4 is 11.9 Å². The Balaban J connectivity index is 1.81. The minimum Gasteiger partial charge on any atom is -0.464 e. The fraction of sp³-hybridized carbons (Fsp3) is 0.913. The maximum absolute atomic E-state index is 13.2. The largest absolute Gasteiger partial charge is 0.464 e. The Hall–Kier alpha value is -1.48. The molecule has 33 heavy (non-hydrogen) atoms. The molecule has 0 saturated heterocycles. The fourth-order valence-corrected chi connectivity index (χ4v) is 6.60. The summed E-state index contributed by atoms with van der Waals surface area (Å²) in [6.07, 6.45) is -10.8. The molecule has 0 radical (unpaired) electrons. The van der Waals surface area contributed by atoms with Crippen molar-refractivity contribution in [2.75, 3.05) is 6.61 Å². The summed E-state index contributed by atoms with van der Waals surface area (Å²) in [4.78, 5) is 26.1. The van der Waals surface area contributed by atoms with Crippen LogP contribution in [0.5, 0.6) is 0 Å². The van der Waals surface area contributed by atoms with Crippen molar-refractivity contribution < 1.29 is 45.4 Å². The fourth-order valence-electron chi connectivity index (χ4n) is 6.60. The first kappa shape index (κ1) is 26.1. The number of halogens is 6. The Morgan fingerprint density at radius 1 is 0.879 bits per heavy atom. The van der Waals surface area contributed by atoms with Crippen molar-refractivity contribution in [3.63, 3.8) is 0 Å². The van der Waals surface area contributed by atoms with Crippen LogP contribution in [0.2, 0.25) is 0 Å². The van der Waals surface area contributed by atoms with E-state index in [-0.39, 0.29) is 6.42 Å². The van der Waals surface area contributed by atoms with E-state index in [1.54, 1.807) is 0 Å². The number of alkyl halides is 6. The van der Waals surface area contributed by atoms with Gasteiger partial charge in [-0.25, -0.2) is 0 Å². The van der Waals surface area contributed by atoms with Gasteiger partial charge < -0.3 is 9.47 Å². The molecule has 0 aliphatic heterocycles. The lowest BCUT2D eigenvalue weighted by atomic mass is 9.49. The molecular formula is C23H32F6O4. The number of hydrogen-bond acceptors (Lipinski definition) is 4. The highest BCUT2D eigenvalue weighted by Gasteiger charge is 2.62. The van der Waals surface area contributed by atoms with E-state index in [2.05, 4.69) is 4.74 Å². The van der Waals surface area contributed by atoms with Gasteiger partial charge in [0.15, 0.2) is 0 Å². The molecule has 10 heteroatoms. The van der Waals surface area contributed by atoms with E-state index >= 15 is 0 Å². The number of ether oxygens (including phenoxy) is 2. The molecule has 0 aromatic heterocycles. The van der Waals surface area contributed by atoms with E-state index in [0.29, 0.717) is 37.0 Å². The van der Waals surface area contributed by atoms with Crippen LogP contribution < -0.4 is 0 Å². The van der Waals surface area contributed by atoms with Gasteiger partial charge in [-0.15, -0.1) is 0 Å². The monoisotopic (exact) mass is 486 g/mol. The summed E-state index contributed by atoms with van der Waals surface area (Å²) in [7, 11) is 0. The highest BCUT2D eigenvalue weighted by Crippen LogP contribution is 2.60. The summed E-state index contributed by atoms with van der Waals surface area (Å²) in [5.41, 5.74) is -3.68.